The zero-order valence-corrected chi connectivity index (χ0v) is 19.2. The number of nitrogens with zero attached hydrogens (tertiary/aromatic N) is 1. The summed E-state index contributed by atoms with van der Waals surface area (Å²) in [6, 6.07) is 16.3. The first-order valence-electron chi connectivity index (χ1n) is 11.6. The largest absolute Gasteiger partial charge is 0.481 e. The summed E-state index contributed by atoms with van der Waals surface area (Å²) in [6.07, 6.45) is 0.160. The number of amides is 2. The third-order valence-electron chi connectivity index (χ3n) is 6.61. The first-order valence-corrected chi connectivity index (χ1v) is 11.6. The lowest BCUT2D eigenvalue weighted by Gasteiger charge is -2.40. The van der Waals surface area contributed by atoms with Gasteiger partial charge in [0.15, 0.2) is 6.10 Å². The van der Waals surface area contributed by atoms with Crippen LogP contribution < -0.4 is 5.32 Å². The van der Waals surface area contributed by atoms with E-state index >= 15 is 0 Å². The highest BCUT2D eigenvalue weighted by molar-refractivity contribution is 5.83. The highest BCUT2D eigenvalue weighted by atomic mass is 16.5. The van der Waals surface area contributed by atoms with Crippen molar-refractivity contribution in [2.45, 2.75) is 31.3 Å². The Morgan fingerprint density at radius 2 is 1.68 bits per heavy atom. The zero-order valence-electron chi connectivity index (χ0n) is 19.2. The molecule has 1 aliphatic heterocycles. The SMILES string of the molecule is COC(CNC(=O)OCC1c2ccccc2-c2ccccc21)C(=O)N1CC(CCCC(=O)O)C1. The van der Waals surface area contributed by atoms with Gasteiger partial charge in [0.05, 0.1) is 6.54 Å². The monoisotopic (exact) mass is 466 g/mol. The summed E-state index contributed by atoms with van der Waals surface area (Å²) < 4.78 is 10.8. The number of ether oxygens (including phenoxy) is 2. The van der Waals surface area contributed by atoms with E-state index in [2.05, 4.69) is 29.6 Å². The molecule has 34 heavy (non-hydrogen) atoms. The maximum atomic E-state index is 12.7. The zero-order chi connectivity index (χ0) is 24.1. The van der Waals surface area contributed by atoms with Crippen molar-refractivity contribution in [1.82, 2.24) is 10.2 Å². The normalized spacial score (nSPS) is 15.7. The minimum atomic E-state index is -0.800. The fraction of sp³-hybridized carbons (Fsp3) is 0.423. The molecule has 2 amide bonds. The maximum absolute atomic E-state index is 12.7. The van der Waals surface area contributed by atoms with Crippen molar-refractivity contribution < 1.29 is 29.0 Å². The molecule has 1 fully saturated rings. The summed E-state index contributed by atoms with van der Waals surface area (Å²) >= 11 is 0. The van der Waals surface area contributed by atoms with Gasteiger partial charge < -0.3 is 24.8 Å². The number of rotatable bonds is 10. The molecule has 1 saturated heterocycles. The molecule has 1 unspecified atom stereocenters. The minimum Gasteiger partial charge on any atom is -0.481 e. The third-order valence-corrected chi connectivity index (χ3v) is 6.61. The molecule has 8 heteroatoms. The molecule has 180 valence electrons. The Morgan fingerprint density at radius 1 is 1.06 bits per heavy atom. The molecular weight excluding hydrogens is 436 g/mol. The van der Waals surface area contributed by atoms with Gasteiger partial charge in [0.2, 0.25) is 0 Å². The van der Waals surface area contributed by atoms with Crippen LogP contribution in [0.5, 0.6) is 0 Å². The molecule has 1 heterocycles. The van der Waals surface area contributed by atoms with Gasteiger partial charge in [0.25, 0.3) is 5.91 Å². The van der Waals surface area contributed by atoms with Gasteiger partial charge in [-0.25, -0.2) is 4.79 Å². The van der Waals surface area contributed by atoms with Crippen LogP contribution in [0, 0.1) is 5.92 Å². The number of carboxylic acid groups (broad SMARTS) is 1. The van der Waals surface area contributed by atoms with Gasteiger partial charge in [-0.3, -0.25) is 9.59 Å². The molecule has 0 radical (unpaired) electrons. The van der Waals surface area contributed by atoms with Crippen LogP contribution in [0.3, 0.4) is 0 Å². The van der Waals surface area contributed by atoms with Crippen molar-refractivity contribution in [3.8, 4) is 11.1 Å². The van der Waals surface area contributed by atoms with E-state index in [4.69, 9.17) is 14.6 Å². The molecule has 0 spiro atoms. The number of benzene rings is 2. The molecule has 0 aromatic heterocycles. The van der Waals surface area contributed by atoms with Crippen molar-refractivity contribution in [1.29, 1.82) is 0 Å². The quantitative estimate of drug-likeness (QED) is 0.557. The number of carbonyl (C=O) groups is 3. The number of aliphatic carboxylic acids is 1. The van der Waals surface area contributed by atoms with Gasteiger partial charge in [-0.05, 0) is 41.0 Å². The van der Waals surface area contributed by atoms with Crippen molar-refractivity contribution in [2.75, 3.05) is 33.4 Å². The van der Waals surface area contributed by atoms with Crippen LogP contribution in [0.4, 0.5) is 4.79 Å². The van der Waals surface area contributed by atoms with Crippen molar-refractivity contribution in [3.63, 3.8) is 0 Å². The second-order valence-corrected chi connectivity index (χ2v) is 8.83. The first-order chi connectivity index (χ1) is 16.5. The van der Waals surface area contributed by atoms with Crippen molar-refractivity contribution >= 4 is 18.0 Å². The molecule has 0 bridgehead atoms. The third kappa shape index (κ3) is 5.22. The molecule has 1 atom stereocenters. The second-order valence-electron chi connectivity index (χ2n) is 8.83. The van der Waals surface area contributed by atoms with Gasteiger partial charge in [0.1, 0.15) is 6.61 Å². The Hall–Kier alpha value is -3.39. The predicted octanol–water partition coefficient (Wildman–Crippen LogP) is 3.25. The fourth-order valence-corrected chi connectivity index (χ4v) is 4.77. The maximum Gasteiger partial charge on any atom is 0.407 e. The lowest BCUT2D eigenvalue weighted by molar-refractivity contribution is -0.148. The minimum absolute atomic E-state index is 0.0200. The van der Waals surface area contributed by atoms with E-state index < -0.39 is 18.2 Å². The highest BCUT2D eigenvalue weighted by Gasteiger charge is 2.34. The van der Waals surface area contributed by atoms with Gasteiger partial charge in [-0.1, -0.05) is 48.5 Å². The molecule has 2 aromatic carbocycles. The summed E-state index contributed by atoms with van der Waals surface area (Å²) in [7, 11) is 1.44. The van der Waals surface area contributed by atoms with Crippen LogP contribution in [0.1, 0.15) is 36.3 Å². The van der Waals surface area contributed by atoms with Crippen LogP contribution in [0.15, 0.2) is 48.5 Å². The number of methoxy groups -OCH3 is 1. The Balaban J connectivity index is 1.23. The van der Waals surface area contributed by atoms with Crippen LogP contribution >= 0.6 is 0 Å². The van der Waals surface area contributed by atoms with Crippen molar-refractivity contribution in [2.24, 2.45) is 5.92 Å². The first kappa shape index (κ1) is 23.8. The number of hydrogen-bond acceptors (Lipinski definition) is 5. The van der Waals surface area contributed by atoms with E-state index in [0.29, 0.717) is 25.4 Å². The van der Waals surface area contributed by atoms with Crippen LogP contribution in [-0.2, 0) is 19.1 Å². The Kier molecular flexibility index (Phi) is 7.47. The smallest absolute Gasteiger partial charge is 0.407 e. The Morgan fingerprint density at radius 3 is 2.26 bits per heavy atom. The molecule has 1 aliphatic carbocycles. The van der Waals surface area contributed by atoms with Gasteiger partial charge >= 0.3 is 12.1 Å². The van der Waals surface area contributed by atoms with Crippen LogP contribution in [0.25, 0.3) is 11.1 Å². The number of nitrogens with one attached hydrogen (secondary N) is 1. The predicted molar refractivity (Wildman–Crippen MR) is 125 cm³/mol. The van der Waals surface area contributed by atoms with Crippen molar-refractivity contribution in [3.05, 3.63) is 59.7 Å². The van der Waals surface area contributed by atoms with Crippen LogP contribution in [-0.4, -0.2) is 67.4 Å². The average molecular weight is 467 g/mol. The summed E-state index contributed by atoms with van der Waals surface area (Å²) in [5.74, 6) is -0.699. The Bertz CT molecular complexity index is 1000. The summed E-state index contributed by atoms with van der Waals surface area (Å²) in [6.45, 7) is 1.40. The van der Waals surface area contributed by atoms with E-state index in [1.807, 2.05) is 24.3 Å². The van der Waals surface area contributed by atoms with Gasteiger partial charge in [-0.2, -0.15) is 0 Å². The van der Waals surface area contributed by atoms with Gasteiger partial charge in [-0.15, -0.1) is 0 Å². The number of carbonyl (C=O) groups excluding carboxylic acids is 2. The topological polar surface area (TPSA) is 105 Å². The summed E-state index contributed by atoms with van der Waals surface area (Å²) in [5.41, 5.74) is 4.59. The molecule has 4 rings (SSSR count). The van der Waals surface area contributed by atoms with E-state index in [0.717, 1.165) is 28.7 Å². The number of likely N-dealkylation sites (tertiary alicyclic amines) is 1. The number of hydrogen-bond donors (Lipinski definition) is 2. The molecule has 2 aliphatic rings. The lowest BCUT2D eigenvalue weighted by Crippen LogP contribution is -2.55. The fourth-order valence-electron chi connectivity index (χ4n) is 4.77. The summed E-state index contributed by atoms with van der Waals surface area (Å²) in [5, 5.41) is 11.4. The van der Waals surface area contributed by atoms with E-state index in [-0.39, 0.29) is 31.4 Å². The van der Waals surface area contributed by atoms with E-state index in [1.54, 1.807) is 4.90 Å². The summed E-state index contributed by atoms with van der Waals surface area (Å²) in [4.78, 5) is 37.3. The standard InChI is InChI=1S/C26H30N2O6/c1-33-23(25(31)28-14-17(15-28)7-6-12-24(29)30)13-27-26(32)34-16-22-20-10-4-2-8-18(20)19-9-3-5-11-21(19)22/h2-5,8-11,17,22-23H,6-7,12-16H2,1H3,(H,27,32)(H,29,30). The van der Waals surface area contributed by atoms with Crippen LogP contribution in [0.2, 0.25) is 0 Å². The number of alkyl carbamates (subject to hydrolysis) is 1. The lowest BCUT2D eigenvalue weighted by atomic mass is 9.93. The molecular formula is C26H30N2O6. The highest BCUT2D eigenvalue weighted by Crippen LogP contribution is 2.44. The number of carboxylic acids is 1. The molecule has 0 saturated carbocycles. The van der Waals surface area contributed by atoms with E-state index in [9.17, 15) is 14.4 Å². The average Bonchev–Trinajstić information content (AvgIpc) is 3.13. The second kappa shape index (κ2) is 10.7. The van der Waals surface area contributed by atoms with E-state index in [1.165, 1.54) is 7.11 Å². The molecule has 2 N–H and O–H groups in total. The van der Waals surface area contributed by atoms with Gasteiger partial charge in [0, 0.05) is 32.5 Å². The Labute approximate surface area is 198 Å². The molecule has 8 nitrogen and oxygen atoms in total. The number of fused-ring (bicyclic) bond motifs is 3. The molecule has 2 aromatic rings.